The molecule has 1 aromatic rings. The van der Waals surface area contributed by atoms with Gasteiger partial charge in [0.15, 0.2) is 0 Å². The van der Waals surface area contributed by atoms with Crippen molar-refractivity contribution in [2.24, 2.45) is 11.8 Å². The van der Waals surface area contributed by atoms with Gasteiger partial charge in [-0.2, -0.15) is 0 Å². The lowest BCUT2D eigenvalue weighted by atomic mass is 9.98. The van der Waals surface area contributed by atoms with Crippen LogP contribution < -0.4 is 11.3 Å². The fourth-order valence-electron chi connectivity index (χ4n) is 1.85. The zero-order valence-corrected chi connectivity index (χ0v) is 11.9. The average Bonchev–Trinajstić information content (AvgIpc) is 2.28. The van der Waals surface area contributed by atoms with E-state index in [1.807, 2.05) is 12.1 Å². The first-order chi connectivity index (χ1) is 8.06. The van der Waals surface area contributed by atoms with E-state index in [-0.39, 0.29) is 6.04 Å². The van der Waals surface area contributed by atoms with Gasteiger partial charge in [0.05, 0.1) is 10.0 Å². The highest BCUT2D eigenvalue weighted by molar-refractivity contribution is 6.42. The van der Waals surface area contributed by atoms with Crippen molar-refractivity contribution in [1.29, 1.82) is 0 Å². The molecule has 0 fully saturated rings. The maximum atomic E-state index is 6.18. The molecule has 0 aliphatic carbocycles. The van der Waals surface area contributed by atoms with Crippen molar-refractivity contribution >= 4 is 23.2 Å². The molecule has 96 valence electrons. The Bertz CT molecular complexity index is 353. The molecule has 4 heteroatoms. The van der Waals surface area contributed by atoms with Crippen LogP contribution in [0.25, 0.3) is 0 Å². The van der Waals surface area contributed by atoms with Crippen LogP contribution in [0.4, 0.5) is 0 Å². The number of hydrazine groups is 1. The summed E-state index contributed by atoms with van der Waals surface area (Å²) in [4.78, 5) is 0. The molecule has 1 atom stereocenters. The molecular formula is C13H20Cl2N2. The van der Waals surface area contributed by atoms with Gasteiger partial charge in [-0.05, 0) is 24.0 Å². The first-order valence-electron chi connectivity index (χ1n) is 5.96. The smallest absolute Gasteiger partial charge is 0.0640 e. The Morgan fingerprint density at radius 1 is 1.24 bits per heavy atom. The quantitative estimate of drug-likeness (QED) is 0.599. The monoisotopic (exact) mass is 274 g/mol. The van der Waals surface area contributed by atoms with Crippen LogP contribution in [0.2, 0.25) is 10.0 Å². The molecule has 0 aromatic heterocycles. The molecular weight excluding hydrogens is 255 g/mol. The van der Waals surface area contributed by atoms with Gasteiger partial charge in [-0.3, -0.25) is 11.3 Å². The lowest BCUT2D eigenvalue weighted by Crippen LogP contribution is -2.28. The molecule has 1 rings (SSSR count). The van der Waals surface area contributed by atoms with Gasteiger partial charge in [-0.25, -0.2) is 0 Å². The van der Waals surface area contributed by atoms with Crippen LogP contribution in [0, 0.1) is 5.92 Å². The number of rotatable bonds is 6. The van der Waals surface area contributed by atoms with Gasteiger partial charge >= 0.3 is 0 Å². The van der Waals surface area contributed by atoms with Gasteiger partial charge in [0, 0.05) is 6.04 Å². The molecule has 0 amide bonds. The summed E-state index contributed by atoms with van der Waals surface area (Å²) in [5.41, 5.74) is 3.79. The molecule has 1 aromatic carbocycles. The second kappa shape index (κ2) is 7.22. The minimum Gasteiger partial charge on any atom is -0.271 e. The Morgan fingerprint density at radius 2 is 1.94 bits per heavy atom. The van der Waals surface area contributed by atoms with Crippen molar-refractivity contribution in [3.63, 3.8) is 0 Å². The topological polar surface area (TPSA) is 38.0 Å². The summed E-state index contributed by atoms with van der Waals surface area (Å²) in [5.74, 6) is 6.30. The van der Waals surface area contributed by atoms with Crippen LogP contribution in [-0.2, 0) is 0 Å². The number of nitrogens with one attached hydrogen (secondary N) is 1. The molecule has 2 nitrogen and oxygen atoms in total. The summed E-state index contributed by atoms with van der Waals surface area (Å²) in [7, 11) is 0. The third-order valence-electron chi connectivity index (χ3n) is 2.83. The molecule has 0 radical (unpaired) electrons. The molecule has 1 unspecified atom stereocenters. The molecule has 0 spiro atoms. The zero-order chi connectivity index (χ0) is 12.8. The lowest BCUT2D eigenvalue weighted by molar-refractivity contribution is 0.455. The van der Waals surface area contributed by atoms with Crippen molar-refractivity contribution < 1.29 is 0 Å². The van der Waals surface area contributed by atoms with Crippen molar-refractivity contribution in [2.45, 2.75) is 39.2 Å². The number of nitrogens with two attached hydrogens (primary N) is 1. The van der Waals surface area contributed by atoms with E-state index in [1.54, 1.807) is 6.07 Å². The highest BCUT2D eigenvalue weighted by atomic mass is 35.5. The fourth-order valence-corrected chi connectivity index (χ4v) is 2.29. The maximum absolute atomic E-state index is 6.18. The summed E-state index contributed by atoms with van der Waals surface area (Å²) in [6.45, 7) is 4.44. The van der Waals surface area contributed by atoms with Crippen molar-refractivity contribution in [3.8, 4) is 0 Å². The van der Waals surface area contributed by atoms with Crippen molar-refractivity contribution in [1.82, 2.24) is 5.43 Å². The van der Waals surface area contributed by atoms with Crippen LogP contribution >= 0.6 is 23.2 Å². The lowest BCUT2D eigenvalue weighted by Gasteiger charge is -2.18. The first kappa shape index (κ1) is 14.8. The van der Waals surface area contributed by atoms with Gasteiger partial charge in [0.2, 0.25) is 0 Å². The fraction of sp³-hybridized carbons (Fsp3) is 0.538. The third kappa shape index (κ3) is 4.47. The van der Waals surface area contributed by atoms with E-state index < -0.39 is 0 Å². The van der Waals surface area contributed by atoms with E-state index in [2.05, 4.69) is 19.3 Å². The Balaban J connectivity index is 2.69. The largest absolute Gasteiger partial charge is 0.271 e. The van der Waals surface area contributed by atoms with Gasteiger partial charge in [-0.15, -0.1) is 0 Å². The summed E-state index contributed by atoms with van der Waals surface area (Å²) >= 11 is 12.2. The number of benzene rings is 1. The van der Waals surface area contributed by atoms with Gasteiger partial charge in [0.25, 0.3) is 0 Å². The van der Waals surface area contributed by atoms with Crippen molar-refractivity contribution in [2.75, 3.05) is 0 Å². The summed E-state index contributed by atoms with van der Waals surface area (Å²) in [5, 5.41) is 1.18. The molecule has 0 saturated carbocycles. The average molecular weight is 275 g/mol. The predicted molar refractivity (Wildman–Crippen MR) is 75.2 cm³/mol. The van der Waals surface area contributed by atoms with E-state index in [0.29, 0.717) is 16.0 Å². The van der Waals surface area contributed by atoms with E-state index in [0.717, 1.165) is 18.4 Å². The Hall–Kier alpha value is -0.280. The Labute approximate surface area is 113 Å². The molecule has 0 heterocycles. The van der Waals surface area contributed by atoms with Gasteiger partial charge in [-0.1, -0.05) is 62.0 Å². The van der Waals surface area contributed by atoms with Gasteiger partial charge in [0.1, 0.15) is 0 Å². The first-order valence-corrected chi connectivity index (χ1v) is 6.72. The summed E-state index contributed by atoms with van der Waals surface area (Å²) < 4.78 is 0. The maximum Gasteiger partial charge on any atom is 0.0640 e. The predicted octanol–water partition coefficient (Wildman–Crippen LogP) is 4.32. The molecule has 17 heavy (non-hydrogen) atoms. The molecule has 0 saturated heterocycles. The van der Waals surface area contributed by atoms with E-state index in [1.165, 1.54) is 6.42 Å². The number of halogens is 2. The Morgan fingerprint density at radius 3 is 2.53 bits per heavy atom. The SMILES string of the molecule is CC(C)CCCC(NN)c1cccc(Cl)c1Cl. The van der Waals surface area contributed by atoms with Crippen LogP contribution in [0.1, 0.15) is 44.7 Å². The summed E-state index contributed by atoms with van der Waals surface area (Å²) in [6, 6.07) is 5.72. The molecule has 0 aliphatic heterocycles. The van der Waals surface area contributed by atoms with Crippen molar-refractivity contribution in [3.05, 3.63) is 33.8 Å². The minimum absolute atomic E-state index is 0.0694. The van der Waals surface area contributed by atoms with E-state index in [4.69, 9.17) is 29.0 Å². The second-order valence-corrected chi connectivity index (χ2v) is 5.47. The van der Waals surface area contributed by atoms with E-state index in [9.17, 15) is 0 Å². The second-order valence-electron chi connectivity index (χ2n) is 4.69. The third-order valence-corrected chi connectivity index (χ3v) is 3.67. The molecule has 0 bridgehead atoms. The van der Waals surface area contributed by atoms with Crippen LogP contribution in [0.15, 0.2) is 18.2 Å². The van der Waals surface area contributed by atoms with Crippen LogP contribution in [-0.4, -0.2) is 0 Å². The van der Waals surface area contributed by atoms with Crippen LogP contribution in [0.3, 0.4) is 0 Å². The molecule has 3 N–H and O–H groups in total. The highest BCUT2D eigenvalue weighted by Crippen LogP contribution is 2.31. The van der Waals surface area contributed by atoms with Gasteiger partial charge < -0.3 is 0 Å². The molecule has 0 aliphatic rings. The normalized spacial score (nSPS) is 13.1. The number of hydrogen-bond acceptors (Lipinski definition) is 2. The summed E-state index contributed by atoms with van der Waals surface area (Å²) in [6.07, 6.45) is 3.28. The minimum atomic E-state index is 0.0694. The Kier molecular flexibility index (Phi) is 6.28. The zero-order valence-electron chi connectivity index (χ0n) is 10.3. The number of hydrogen-bond donors (Lipinski definition) is 2. The highest BCUT2D eigenvalue weighted by Gasteiger charge is 2.14. The standard InChI is InChI=1S/C13H20Cl2N2/c1-9(2)5-3-8-12(17-16)10-6-4-7-11(14)13(10)15/h4,6-7,9,12,17H,3,5,8,16H2,1-2H3. The van der Waals surface area contributed by atoms with Crippen LogP contribution in [0.5, 0.6) is 0 Å². The van der Waals surface area contributed by atoms with E-state index >= 15 is 0 Å².